The van der Waals surface area contributed by atoms with Gasteiger partial charge in [0, 0.05) is 5.38 Å². The molecule has 0 atom stereocenters. The minimum Gasteiger partial charge on any atom is -0.411 e. The highest BCUT2D eigenvalue weighted by Gasteiger charge is 1.86. The average Bonchev–Trinajstić information content (AvgIpc) is 2.19. The Morgan fingerprint density at radius 1 is 1.88 bits per heavy atom. The second-order valence-corrected chi connectivity index (χ2v) is 1.68. The molecule has 0 radical (unpaired) electrons. The summed E-state index contributed by atoms with van der Waals surface area (Å²) in [5.74, 6) is 0. The lowest BCUT2D eigenvalue weighted by molar-refractivity contribution is 0.321. The predicted molar refractivity (Wildman–Crippen MR) is 29.3 cm³/mol. The molecule has 1 heterocycles. The van der Waals surface area contributed by atoms with E-state index in [1.807, 2.05) is 0 Å². The van der Waals surface area contributed by atoms with E-state index in [0.29, 0.717) is 5.69 Å². The fraction of sp³-hybridized carbons (Fsp3) is 0. The van der Waals surface area contributed by atoms with Crippen LogP contribution in [0.2, 0.25) is 0 Å². The Balaban J connectivity index is 2.77. The zero-order valence-electron chi connectivity index (χ0n) is 3.85. The van der Waals surface area contributed by atoms with Crippen molar-refractivity contribution in [3.63, 3.8) is 0 Å². The number of hydrogen-bond donors (Lipinski definition) is 1. The Morgan fingerprint density at radius 3 is 3.25 bits per heavy atom. The highest BCUT2D eigenvalue weighted by atomic mass is 32.1. The van der Waals surface area contributed by atoms with Gasteiger partial charge in [0.2, 0.25) is 0 Å². The molecule has 0 saturated carbocycles. The maximum absolute atomic E-state index is 7.94. The summed E-state index contributed by atoms with van der Waals surface area (Å²) in [7, 11) is 0. The monoisotopic (exact) mass is 129 g/mol. The minimum atomic E-state index is 0.581. The van der Waals surface area contributed by atoms with E-state index < -0.39 is 0 Å². The van der Waals surface area contributed by atoms with Gasteiger partial charge in [-0.1, -0.05) is 9.64 Å². The first-order valence-corrected chi connectivity index (χ1v) is 2.71. The minimum absolute atomic E-state index is 0.581. The third-order valence-corrected chi connectivity index (χ3v) is 1.09. The highest BCUT2D eigenvalue weighted by molar-refractivity contribution is 7.03. The van der Waals surface area contributed by atoms with Crippen molar-refractivity contribution in [3.8, 4) is 0 Å². The second kappa shape index (κ2) is 2.37. The van der Waals surface area contributed by atoms with Crippen molar-refractivity contribution in [1.29, 1.82) is 0 Å². The van der Waals surface area contributed by atoms with Crippen molar-refractivity contribution < 1.29 is 5.21 Å². The van der Waals surface area contributed by atoms with Crippen LogP contribution in [0.3, 0.4) is 0 Å². The summed E-state index contributed by atoms with van der Waals surface area (Å²) in [6.45, 7) is 0. The molecule has 0 unspecified atom stereocenters. The first kappa shape index (κ1) is 5.17. The summed E-state index contributed by atoms with van der Waals surface area (Å²) < 4.78 is 3.53. The molecule has 0 fully saturated rings. The molecule has 0 aliphatic carbocycles. The number of aromatic nitrogens is 2. The molecule has 0 aliphatic heterocycles. The molecule has 0 bridgehead atoms. The molecule has 1 aromatic rings. The average molecular weight is 129 g/mol. The van der Waals surface area contributed by atoms with Crippen LogP contribution < -0.4 is 0 Å². The summed E-state index contributed by atoms with van der Waals surface area (Å²) >= 11 is 1.22. The van der Waals surface area contributed by atoms with Crippen LogP contribution in [0.4, 0.5) is 0 Å². The summed E-state index contributed by atoms with van der Waals surface area (Å²) in [6.07, 6.45) is 1.23. The van der Waals surface area contributed by atoms with E-state index in [2.05, 4.69) is 14.7 Å². The molecular formula is C3H3N3OS. The zero-order valence-corrected chi connectivity index (χ0v) is 4.67. The molecule has 5 heteroatoms. The smallest absolute Gasteiger partial charge is 0.120 e. The molecule has 8 heavy (non-hydrogen) atoms. The number of nitrogens with zero attached hydrogens (tertiary/aromatic N) is 3. The zero-order chi connectivity index (χ0) is 5.82. The normalized spacial score (nSPS) is 10.5. The van der Waals surface area contributed by atoms with Crippen molar-refractivity contribution >= 4 is 17.7 Å². The summed E-state index contributed by atoms with van der Waals surface area (Å²) in [4.78, 5) is 0. The lowest BCUT2D eigenvalue weighted by Gasteiger charge is -1.70. The molecule has 0 spiro atoms. The van der Waals surface area contributed by atoms with E-state index in [1.54, 1.807) is 5.38 Å². The fourth-order valence-corrected chi connectivity index (χ4v) is 0.692. The van der Waals surface area contributed by atoms with Gasteiger partial charge in [-0.25, -0.2) is 0 Å². The first-order chi connectivity index (χ1) is 3.93. The number of rotatable bonds is 1. The Bertz CT molecular complexity index is 171. The Hall–Kier alpha value is -0.970. The van der Waals surface area contributed by atoms with E-state index in [0.717, 1.165) is 0 Å². The van der Waals surface area contributed by atoms with Crippen LogP contribution in [-0.4, -0.2) is 21.0 Å². The van der Waals surface area contributed by atoms with Crippen LogP contribution in [-0.2, 0) is 0 Å². The molecule has 0 aliphatic rings. The van der Waals surface area contributed by atoms with Crippen molar-refractivity contribution in [3.05, 3.63) is 11.1 Å². The molecule has 42 valence electrons. The third-order valence-electron chi connectivity index (χ3n) is 0.567. The van der Waals surface area contributed by atoms with Crippen molar-refractivity contribution in [2.45, 2.75) is 0 Å². The lowest BCUT2D eigenvalue weighted by atomic mass is 10.6. The van der Waals surface area contributed by atoms with Crippen molar-refractivity contribution in [1.82, 2.24) is 9.59 Å². The first-order valence-electron chi connectivity index (χ1n) is 1.88. The third kappa shape index (κ3) is 1.00. The lowest BCUT2D eigenvalue weighted by Crippen LogP contribution is -1.78. The van der Waals surface area contributed by atoms with Crippen LogP contribution in [0.5, 0.6) is 0 Å². The Morgan fingerprint density at radius 2 is 2.75 bits per heavy atom. The van der Waals surface area contributed by atoms with Crippen LogP contribution in [0, 0.1) is 0 Å². The topological polar surface area (TPSA) is 58.4 Å². The van der Waals surface area contributed by atoms with Gasteiger partial charge in [-0.15, -0.1) is 5.10 Å². The maximum Gasteiger partial charge on any atom is 0.120 e. The molecular weight excluding hydrogens is 126 g/mol. The number of oxime groups is 1. The quantitative estimate of drug-likeness (QED) is 0.338. The van der Waals surface area contributed by atoms with Crippen molar-refractivity contribution in [2.24, 2.45) is 5.16 Å². The van der Waals surface area contributed by atoms with E-state index in [1.165, 1.54) is 17.7 Å². The van der Waals surface area contributed by atoms with E-state index in [9.17, 15) is 0 Å². The van der Waals surface area contributed by atoms with Crippen LogP contribution in [0.15, 0.2) is 10.5 Å². The van der Waals surface area contributed by atoms with E-state index in [-0.39, 0.29) is 0 Å². The van der Waals surface area contributed by atoms with Crippen LogP contribution in [0.25, 0.3) is 0 Å². The van der Waals surface area contributed by atoms with Gasteiger partial charge in [-0.2, -0.15) is 0 Å². The fourth-order valence-electron chi connectivity index (χ4n) is 0.287. The predicted octanol–water partition coefficient (Wildman–Crippen LogP) is 0.346. The molecule has 4 nitrogen and oxygen atoms in total. The van der Waals surface area contributed by atoms with E-state index >= 15 is 0 Å². The summed E-state index contributed by atoms with van der Waals surface area (Å²) in [6, 6.07) is 0. The molecule has 0 aromatic carbocycles. The van der Waals surface area contributed by atoms with Gasteiger partial charge in [0.1, 0.15) is 5.69 Å². The second-order valence-electron chi connectivity index (χ2n) is 1.07. The van der Waals surface area contributed by atoms with Gasteiger partial charge in [-0.3, -0.25) is 0 Å². The van der Waals surface area contributed by atoms with Crippen LogP contribution in [0.1, 0.15) is 5.69 Å². The SMILES string of the molecule is O/N=C/c1csnn1. The summed E-state index contributed by atoms with van der Waals surface area (Å²) in [5.41, 5.74) is 0.581. The molecule has 1 N–H and O–H groups in total. The van der Waals surface area contributed by atoms with Gasteiger partial charge in [0.15, 0.2) is 0 Å². The van der Waals surface area contributed by atoms with Crippen molar-refractivity contribution in [2.75, 3.05) is 0 Å². The molecule has 1 aromatic heterocycles. The highest BCUT2D eigenvalue weighted by Crippen LogP contribution is 1.90. The number of hydrogen-bond acceptors (Lipinski definition) is 5. The van der Waals surface area contributed by atoms with Gasteiger partial charge in [-0.05, 0) is 11.5 Å². The van der Waals surface area contributed by atoms with Gasteiger partial charge >= 0.3 is 0 Å². The standard InChI is InChI=1S/C3H3N3OS/c7-4-1-3-2-8-6-5-3/h1-2,7H/b4-1+. The van der Waals surface area contributed by atoms with Crippen LogP contribution >= 0.6 is 11.5 Å². The van der Waals surface area contributed by atoms with Gasteiger partial charge < -0.3 is 5.21 Å². The summed E-state index contributed by atoms with van der Waals surface area (Å²) in [5, 5.41) is 15.9. The molecule has 0 amide bonds. The van der Waals surface area contributed by atoms with Gasteiger partial charge in [0.25, 0.3) is 0 Å². The van der Waals surface area contributed by atoms with E-state index in [4.69, 9.17) is 5.21 Å². The van der Waals surface area contributed by atoms with Gasteiger partial charge in [0.05, 0.1) is 6.21 Å². The Kier molecular flexibility index (Phi) is 1.53. The molecule has 0 saturated heterocycles. The largest absolute Gasteiger partial charge is 0.411 e. The molecule has 1 rings (SSSR count). The maximum atomic E-state index is 7.94. The Labute approximate surface area is 49.6 Å².